The van der Waals surface area contributed by atoms with Crippen molar-refractivity contribution in [2.45, 2.75) is 26.4 Å². The Bertz CT molecular complexity index is 1100. The van der Waals surface area contributed by atoms with Crippen molar-refractivity contribution in [1.29, 1.82) is 0 Å². The molecule has 0 spiro atoms. The van der Waals surface area contributed by atoms with E-state index < -0.39 is 11.2 Å². The van der Waals surface area contributed by atoms with Crippen LogP contribution in [0.2, 0.25) is 0 Å². The van der Waals surface area contributed by atoms with Gasteiger partial charge in [-0.3, -0.25) is 24.0 Å². The third-order valence-electron chi connectivity index (χ3n) is 4.92. The summed E-state index contributed by atoms with van der Waals surface area (Å²) in [5.74, 6) is 0.416. The highest BCUT2D eigenvalue weighted by Crippen LogP contribution is 2.17. The zero-order valence-corrected chi connectivity index (χ0v) is 17.0. The Morgan fingerprint density at radius 3 is 2.60 bits per heavy atom. The molecule has 0 fully saturated rings. The Kier molecular flexibility index (Phi) is 6.53. The third-order valence-corrected chi connectivity index (χ3v) is 4.92. The number of nitrogens with one attached hydrogen (secondary N) is 1. The number of aromatic amines is 1. The first kappa shape index (κ1) is 21.1. The molecule has 0 saturated heterocycles. The summed E-state index contributed by atoms with van der Waals surface area (Å²) in [4.78, 5) is 41.3. The zero-order chi connectivity index (χ0) is 21.7. The lowest BCUT2D eigenvalue weighted by atomic mass is 10.2. The summed E-state index contributed by atoms with van der Waals surface area (Å²) < 4.78 is 6.61. The second-order valence-corrected chi connectivity index (χ2v) is 6.95. The molecule has 2 heterocycles. The van der Waals surface area contributed by atoms with Crippen LogP contribution in [-0.4, -0.2) is 28.5 Å². The molecular formula is C21H26N5O4+. The van der Waals surface area contributed by atoms with Gasteiger partial charge in [0.2, 0.25) is 0 Å². The molecule has 158 valence electrons. The van der Waals surface area contributed by atoms with Crippen molar-refractivity contribution in [2.75, 3.05) is 23.7 Å². The van der Waals surface area contributed by atoms with Gasteiger partial charge in [-0.05, 0) is 31.5 Å². The van der Waals surface area contributed by atoms with Crippen LogP contribution in [0.5, 0.6) is 0 Å². The third kappa shape index (κ3) is 4.52. The predicted molar refractivity (Wildman–Crippen MR) is 113 cm³/mol. The van der Waals surface area contributed by atoms with E-state index >= 15 is 0 Å². The molecule has 1 amide bonds. The van der Waals surface area contributed by atoms with Crippen LogP contribution in [0.25, 0.3) is 0 Å². The molecule has 2 aromatic heterocycles. The van der Waals surface area contributed by atoms with E-state index in [0.29, 0.717) is 0 Å². The first-order valence-electron chi connectivity index (χ1n) is 9.76. The Hall–Kier alpha value is -3.59. The Morgan fingerprint density at radius 1 is 1.23 bits per heavy atom. The number of rotatable bonds is 8. The van der Waals surface area contributed by atoms with Crippen LogP contribution < -0.4 is 27.2 Å². The number of furan rings is 1. The van der Waals surface area contributed by atoms with E-state index in [9.17, 15) is 14.4 Å². The second kappa shape index (κ2) is 9.27. The number of carbonyl (C=O) groups is 1. The molecule has 0 saturated carbocycles. The normalized spacial score (nSPS) is 11.9. The average molecular weight is 412 g/mol. The van der Waals surface area contributed by atoms with E-state index in [1.165, 1.54) is 9.47 Å². The van der Waals surface area contributed by atoms with Crippen molar-refractivity contribution in [1.82, 2.24) is 9.55 Å². The van der Waals surface area contributed by atoms with Crippen molar-refractivity contribution < 1.29 is 14.5 Å². The summed E-state index contributed by atoms with van der Waals surface area (Å²) in [7, 11) is 0. The SMILES string of the molecule is CCN(C(=O)C[NH2+][C@@H](C)c1ccco1)c1c(N)n(Cc2ccccc2)c(=O)[nH]c1=O. The minimum atomic E-state index is -0.684. The number of anilines is 2. The van der Waals surface area contributed by atoms with Gasteiger partial charge in [0.1, 0.15) is 11.9 Å². The molecule has 0 aliphatic heterocycles. The largest absolute Gasteiger partial charge is 0.463 e. The number of H-pyrrole nitrogens is 1. The number of hydrogen-bond acceptors (Lipinski definition) is 5. The molecule has 9 heteroatoms. The number of nitrogens with zero attached hydrogens (tertiary/aromatic N) is 2. The Morgan fingerprint density at radius 2 is 1.97 bits per heavy atom. The Labute approximate surface area is 173 Å². The molecule has 5 N–H and O–H groups in total. The number of likely N-dealkylation sites (N-methyl/N-ethyl adjacent to an activating group) is 1. The molecule has 0 unspecified atom stereocenters. The van der Waals surface area contributed by atoms with E-state index in [1.807, 2.05) is 48.6 Å². The van der Waals surface area contributed by atoms with Crippen LogP contribution in [0, 0.1) is 0 Å². The molecule has 0 aliphatic carbocycles. The minimum Gasteiger partial charge on any atom is -0.463 e. The molecular weight excluding hydrogens is 386 g/mol. The number of quaternary nitrogens is 1. The maximum absolute atomic E-state index is 12.9. The molecule has 0 aliphatic rings. The van der Waals surface area contributed by atoms with Gasteiger partial charge in [0.25, 0.3) is 11.5 Å². The van der Waals surface area contributed by atoms with Gasteiger partial charge in [0.05, 0.1) is 12.8 Å². The van der Waals surface area contributed by atoms with Gasteiger partial charge in [-0.2, -0.15) is 0 Å². The number of nitrogen functional groups attached to an aromatic ring is 1. The average Bonchev–Trinajstić information content (AvgIpc) is 3.28. The molecule has 0 radical (unpaired) electrons. The lowest BCUT2D eigenvalue weighted by molar-refractivity contribution is -0.684. The zero-order valence-electron chi connectivity index (χ0n) is 17.0. The van der Waals surface area contributed by atoms with Gasteiger partial charge >= 0.3 is 5.69 Å². The maximum atomic E-state index is 12.9. The van der Waals surface area contributed by atoms with Crippen LogP contribution in [0.15, 0.2) is 62.7 Å². The summed E-state index contributed by atoms with van der Waals surface area (Å²) in [6.45, 7) is 4.18. The standard InChI is InChI=1S/C21H25N5O4/c1-3-25(17(27)12-23-14(2)16-10-7-11-30-16)18-19(22)26(21(29)24-20(18)28)13-15-8-5-4-6-9-15/h4-11,14,23H,3,12-13,22H2,1-2H3,(H,24,28,29)/p+1/t14-/m0/s1. The van der Waals surface area contributed by atoms with Crippen molar-refractivity contribution in [3.8, 4) is 0 Å². The molecule has 3 aromatic rings. The lowest BCUT2D eigenvalue weighted by Gasteiger charge is -2.23. The number of hydrogen-bond donors (Lipinski definition) is 3. The Balaban J connectivity index is 1.86. The lowest BCUT2D eigenvalue weighted by Crippen LogP contribution is -2.87. The monoisotopic (exact) mass is 412 g/mol. The first-order chi connectivity index (χ1) is 14.4. The quantitative estimate of drug-likeness (QED) is 0.494. The summed E-state index contributed by atoms with van der Waals surface area (Å²) in [6.07, 6.45) is 1.58. The highest BCUT2D eigenvalue weighted by molar-refractivity contribution is 5.96. The number of aromatic nitrogens is 2. The second-order valence-electron chi connectivity index (χ2n) is 6.95. The number of carbonyl (C=O) groups excluding carboxylic acids is 1. The van der Waals surface area contributed by atoms with Crippen molar-refractivity contribution in [3.05, 3.63) is 80.9 Å². The van der Waals surface area contributed by atoms with E-state index in [-0.39, 0.29) is 43.1 Å². The fraction of sp³-hybridized carbons (Fsp3) is 0.286. The molecule has 1 atom stereocenters. The van der Waals surface area contributed by atoms with E-state index in [2.05, 4.69) is 4.98 Å². The van der Waals surface area contributed by atoms with Crippen LogP contribution in [0.4, 0.5) is 11.5 Å². The molecule has 3 rings (SSSR count). The van der Waals surface area contributed by atoms with Gasteiger partial charge in [-0.25, -0.2) is 4.79 Å². The van der Waals surface area contributed by atoms with E-state index in [0.717, 1.165) is 11.3 Å². The van der Waals surface area contributed by atoms with E-state index in [4.69, 9.17) is 10.2 Å². The summed E-state index contributed by atoms with van der Waals surface area (Å²) >= 11 is 0. The first-order valence-corrected chi connectivity index (χ1v) is 9.76. The molecule has 30 heavy (non-hydrogen) atoms. The minimum absolute atomic E-state index is 0.0166. The highest BCUT2D eigenvalue weighted by Gasteiger charge is 2.25. The van der Waals surface area contributed by atoms with Gasteiger partial charge in [0.15, 0.2) is 18.0 Å². The van der Waals surface area contributed by atoms with Crippen LogP contribution in [-0.2, 0) is 11.3 Å². The molecule has 1 aromatic carbocycles. The van der Waals surface area contributed by atoms with Gasteiger partial charge in [0, 0.05) is 6.54 Å². The highest BCUT2D eigenvalue weighted by atomic mass is 16.3. The molecule has 9 nitrogen and oxygen atoms in total. The van der Waals surface area contributed by atoms with Crippen molar-refractivity contribution >= 4 is 17.4 Å². The predicted octanol–water partition coefficient (Wildman–Crippen LogP) is 0.438. The van der Waals surface area contributed by atoms with Crippen molar-refractivity contribution in [2.24, 2.45) is 0 Å². The van der Waals surface area contributed by atoms with Crippen LogP contribution in [0.3, 0.4) is 0 Å². The van der Waals surface area contributed by atoms with Gasteiger partial charge < -0.3 is 15.5 Å². The van der Waals surface area contributed by atoms with Gasteiger partial charge in [-0.1, -0.05) is 30.3 Å². The van der Waals surface area contributed by atoms with Crippen molar-refractivity contribution in [3.63, 3.8) is 0 Å². The van der Waals surface area contributed by atoms with Gasteiger partial charge in [-0.15, -0.1) is 0 Å². The summed E-state index contributed by atoms with van der Waals surface area (Å²) in [5, 5.41) is 1.81. The fourth-order valence-electron chi connectivity index (χ4n) is 3.27. The van der Waals surface area contributed by atoms with Crippen LogP contribution in [0.1, 0.15) is 31.2 Å². The number of nitrogens with two attached hydrogens (primary N) is 2. The molecule has 0 bridgehead atoms. The maximum Gasteiger partial charge on any atom is 0.330 e. The summed E-state index contributed by atoms with van der Waals surface area (Å²) in [6, 6.07) is 12.8. The topological polar surface area (TPSA) is 131 Å². The van der Waals surface area contributed by atoms with Crippen LogP contribution >= 0.6 is 0 Å². The number of amides is 1. The fourth-order valence-corrected chi connectivity index (χ4v) is 3.27. The smallest absolute Gasteiger partial charge is 0.330 e. The number of benzene rings is 1. The summed E-state index contributed by atoms with van der Waals surface area (Å²) in [5.41, 5.74) is 5.73. The van der Waals surface area contributed by atoms with E-state index in [1.54, 1.807) is 19.3 Å².